The average molecular weight is 288 g/mol. The van der Waals surface area contributed by atoms with E-state index in [0.717, 1.165) is 17.1 Å². The highest BCUT2D eigenvalue weighted by molar-refractivity contribution is 5.91. The van der Waals surface area contributed by atoms with E-state index >= 15 is 0 Å². The summed E-state index contributed by atoms with van der Waals surface area (Å²) < 4.78 is 6.62. The molecule has 0 saturated carbocycles. The minimum atomic E-state index is -0.165. The predicted molar refractivity (Wildman–Crippen MR) is 82.2 cm³/mol. The second-order valence-electron chi connectivity index (χ2n) is 4.80. The van der Waals surface area contributed by atoms with Crippen LogP contribution in [0.2, 0.25) is 0 Å². The van der Waals surface area contributed by atoms with E-state index in [9.17, 15) is 4.79 Å². The molecule has 112 valence electrons. The first-order valence-corrected chi connectivity index (χ1v) is 6.73. The van der Waals surface area contributed by atoms with Crippen LogP contribution < -0.4 is 10.6 Å². The van der Waals surface area contributed by atoms with Gasteiger partial charge in [-0.05, 0) is 37.3 Å². The number of ether oxygens (including phenoxy) is 1. The lowest BCUT2D eigenvalue weighted by Gasteiger charge is -2.16. The number of nitrogens with zero attached hydrogens (tertiary/aromatic N) is 2. The Morgan fingerprint density at radius 3 is 2.52 bits per heavy atom. The summed E-state index contributed by atoms with van der Waals surface area (Å²) in [4.78, 5) is 11.4. The standard InChI is InChI=1S/C15H20N4O2/c1-11(14-8-9-16-19(14)2)17-12-4-6-13(7-5-12)18-15(20)10-21-3/h4-9,11,17H,10H2,1-3H3,(H,18,20). The third kappa shape index (κ3) is 4.06. The summed E-state index contributed by atoms with van der Waals surface area (Å²) in [5, 5.41) is 10.3. The van der Waals surface area contributed by atoms with Crippen molar-refractivity contribution in [3.05, 3.63) is 42.2 Å². The normalized spacial score (nSPS) is 12.0. The highest BCUT2D eigenvalue weighted by Gasteiger charge is 2.09. The number of aromatic nitrogens is 2. The monoisotopic (exact) mass is 288 g/mol. The first-order chi connectivity index (χ1) is 10.1. The van der Waals surface area contributed by atoms with Gasteiger partial charge in [0.25, 0.3) is 0 Å². The molecule has 1 heterocycles. The van der Waals surface area contributed by atoms with E-state index in [-0.39, 0.29) is 18.6 Å². The van der Waals surface area contributed by atoms with Crippen molar-refractivity contribution in [3.63, 3.8) is 0 Å². The molecule has 1 aromatic heterocycles. The molecule has 6 nitrogen and oxygen atoms in total. The molecule has 0 saturated heterocycles. The maximum atomic E-state index is 11.4. The number of hydrogen-bond acceptors (Lipinski definition) is 4. The van der Waals surface area contributed by atoms with Crippen molar-refractivity contribution in [1.82, 2.24) is 9.78 Å². The maximum Gasteiger partial charge on any atom is 0.250 e. The molecule has 6 heteroatoms. The number of anilines is 2. The Bertz CT molecular complexity index is 592. The van der Waals surface area contributed by atoms with Crippen LogP contribution in [0.15, 0.2) is 36.5 Å². The quantitative estimate of drug-likeness (QED) is 0.855. The fourth-order valence-corrected chi connectivity index (χ4v) is 2.11. The van der Waals surface area contributed by atoms with Gasteiger partial charge in [0.05, 0.1) is 11.7 Å². The molecule has 21 heavy (non-hydrogen) atoms. The predicted octanol–water partition coefficient (Wildman–Crippen LogP) is 2.18. The Balaban J connectivity index is 1.96. The summed E-state index contributed by atoms with van der Waals surface area (Å²) in [7, 11) is 3.41. The molecule has 1 unspecified atom stereocenters. The van der Waals surface area contributed by atoms with Crippen molar-refractivity contribution in [2.24, 2.45) is 7.05 Å². The highest BCUT2D eigenvalue weighted by atomic mass is 16.5. The van der Waals surface area contributed by atoms with Gasteiger partial charge < -0.3 is 15.4 Å². The van der Waals surface area contributed by atoms with E-state index < -0.39 is 0 Å². The lowest BCUT2D eigenvalue weighted by molar-refractivity contribution is -0.119. The molecule has 2 aromatic rings. The first-order valence-electron chi connectivity index (χ1n) is 6.73. The second kappa shape index (κ2) is 6.90. The van der Waals surface area contributed by atoms with Gasteiger partial charge in [-0.2, -0.15) is 5.10 Å². The molecule has 0 radical (unpaired) electrons. The van der Waals surface area contributed by atoms with Gasteiger partial charge in [0.2, 0.25) is 5.91 Å². The van der Waals surface area contributed by atoms with E-state index in [1.165, 1.54) is 7.11 Å². The number of hydrogen-bond donors (Lipinski definition) is 2. The Morgan fingerprint density at radius 2 is 1.95 bits per heavy atom. The van der Waals surface area contributed by atoms with Gasteiger partial charge in [0.15, 0.2) is 0 Å². The zero-order valence-corrected chi connectivity index (χ0v) is 12.5. The lowest BCUT2D eigenvalue weighted by Crippen LogP contribution is -2.17. The van der Waals surface area contributed by atoms with Crippen LogP contribution in [0.5, 0.6) is 0 Å². The summed E-state index contributed by atoms with van der Waals surface area (Å²) in [6.07, 6.45) is 1.78. The Hall–Kier alpha value is -2.34. The van der Waals surface area contributed by atoms with Crippen LogP contribution in [0, 0.1) is 0 Å². The van der Waals surface area contributed by atoms with Crippen LogP contribution >= 0.6 is 0 Å². The van der Waals surface area contributed by atoms with Crippen LogP contribution in [-0.2, 0) is 16.6 Å². The third-order valence-electron chi connectivity index (χ3n) is 3.13. The van der Waals surface area contributed by atoms with Crippen LogP contribution in [0.1, 0.15) is 18.7 Å². The van der Waals surface area contributed by atoms with Gasteiger partial charge in [0, 0.05) is 31.7 Å². The van der Waals surface area contributed by atoms with Crippen molar-refractivity contribution >= 4 is 17.3 Å². The fraction of sp³-hybridized carbons (Fsp3) is 0.333. The Kier molecular flexibility index (Phi) is 4.94. The molecular weight excluding hydrogens is 268 g/mol. The van der Waals surface area contributed by atoms with Crippen LogP contribution in [0.4, 0.5) is 11.4 Å². The molecule has 0 aliphatic heterocycles. The summed E-state index contributed by atoms with van der Waals surface area (Å²) in [6.45, 7) is 2.13. The molecule has 2 N–H and O–H groups in total. The Morgan fingerprint density at radius 1 is 1.29 bits per heavy atom. The molecule has 0 bridgehead atoms. The Labute approximate surface area is 124 Å². The molecule has 1 atom stereocenters. The average Bonchev–Trinajstić information content (AvgIpc) is 2.87. The number of nitrogens with one attached hydrogen (secondary N) is 2. The number of carbonyl (C=O) groups excluding carboxylic acids is 1. The largest absolute Gasteiger partial charge is 0.377 e. The second-order valence-corrected chi connectivity index (χ2v) is 4.80. The van der Waals surface area contributed by atoms with Crippen molar-refractivity contribution in [2.75, 3.05) is 24.4 Å². The van der Waals surface area contributed by atoms with Crippen LogP contribution in [0.3, 0.4) is 0 Å². The molecule has 2 rings (SSSR count). The summed E-state index contributed by atoms with van der Waals surface area (Å²) in [5.41, 5.74) is 2.83. The van der Waals surface area contributed by atoms with Gasteiger partial charge in [-0.25, -0.2) is 0 Å². The van der Waals surface area contributed by atoms with Crippen molar-refractivity contribution in [2.45, 2.75) is 13.0 Å². The van der Waals surface area contributed by atoms with Gasteiger partial charge in [-0.1, -0.05) is 0 Å². The zero-order chi connectivity index (χ0) is 15.2. The highest BCUT2D eigenvalue weighted by Crippen LogP contribution is 2.20. The SMILES string of the molecule is COCC(=O)Nc1ccc(NC(C)c2ccnn2C)cc1. The van der Waals surface area contributed by atoms with Crippen molar-refractivity contribution in [1.29, 1.82) is 0 Å². The molecule has 1 amide bonds. The molecule has 0 aliphatic carbocycles. The number of amides is 1. The number of aryl methyl sites for hydroxylation is 1. The molecule has 0 fully saturated rings. The number of methoxy groups -OCH3 is 1. The number of rotatable bonds is 6. The van der Waals surface area contributed by atoms with E-state index in [0.29, 0.717) is 0 Å². The molecule has 0 aliphatic rings. The van der Waals surface area contributed by atoms with Crippen LogP contribution in [0.25, 0.3) is 0 Å². The smallest absolute Gasteiger partial charge is 0.250 e. The third-order valence-corrected chi connectivity index (χ3v) is 3.13. The summed E-state index contributed by atoms with van der Waals surface area (Å²) in [5.74, 6) is -0.165. The summed E-state index contributed by atoms with van der Waals surface area (Å²) >= 11 is 0. The van der Waals surface area contributed by atoms with Crippen molar-refractivity contribution in [3.8, 4) is 0 Å². The van der Waals surface area contributed by atoms with E-state index in [1.54, 1.807) is 6.20 Å². The number of benzene rings is 1. The van der Waals surface area contributed by atoms with Crippen LogP contribution in [-0.4, -0.2) is 29.4 Å². The molecule has 1 aromatic carbocycles. The first kappa shape index (κ1) is 15.1. The fourth-order valence-electron chi connectivity index (χ4n) is 2.11. The maximum absolute atomic E-state index is 11.4. The number of carbonyl (C=O) groups is 1. The summed E-state index contributed by atoms with van der Waals surface area (Å²) in [6, 6.07) is 9.69. The zero-order valence-electron chi connectivity index (χ0n) is 12.5. The molecular formula is C15H20N4O2. The van der Waals surface area contributed by atoms with Gasteiger partial charge in [0.1, 0.15) is 6.61 Å². The topological polar surface area (TPSA) is 68.2 Å². The van der Waals surface area contributed by atoms with Gasteiger partial charge in [-0.15, -0.1) is 0 Å². The minimum Gasteiger partial charge on any atom is -0.377 e. The van der Waals surface area contributed by atoms with E-state index in [1.807, 2.05) is 42.1 Å². The van der Waals surface area contributed by atoms with E-state index in [4.69, 9.17) is 4.74 Å². The van der Waals surface area contributed by atoms with Crippen molar-refractivity contribution < 1.29 is 9.53 Å². The molecule has 0 spiro atoms. The lowest BCUT2D eigenvalue weighted by atomic mass is 10.2. The minimum absolute atomic E-state index is 0.0531. The van der Waals surface area contributed by atoms with E-state index in [2.05, 4.69) is 22.7 Å². The van der Waals surface area contributed by atoms with Gasteiger partial charge in [-0.3, -0.25) is 9.48 Å². The van der Waals surface area contributed by atoms with Gasteiger partial charge >= 0.3 is 0 Å².